The van der Waals surface area contributed by atoms with Crippen molar-refractivity contribution in [1.82, 2.24) is 0 Å². The molecule has 1 aromatic rings. The molecule has 1 N–H and O–H groups in total. The van der Waals surface area contributed by atoms with Gasteiger partial charge in [-0.1, -0.05) is 0 Å². The Morgan fingerprint density at radius 2 is 1.68 bits per heavy atom. The molecule has 0 spiro atoms. The van der Waals surface area contributed by atoms with Crippen LogP contribution in [-0.4, -0.2) is 38.2 Å². The van der Waals surface area contributed by atoms with Crippen molar-refractivity contribution in [2.24, 2.45) is 0 Å². The van der Waals surface area contributed by atoms with Gasteiger partial charge in [0.2, 0.25) is 0 Å². The van der Waals surface area contributed by atoms with Gasteiger partial charge < -0.3 is 0 Å². The van der Waals surface area contributed by atoms with E-state index in [-0.39, 0.29) is 5.91 Å². The molecule has 1 fully saturated rings. The van der Waals surface area contributed by atoms with E-state index in [1.54, 1.807) is 7.11 Å². The molecule has 0 unspecified atom stereocenters. The monoisotopic (exact) mass is 323 g/mol. The van der Waals surface area contributed by atoms with Gasteiger partial charge in [0.15, 0.2) is 0 Å². The minimum absolute atomic E-state index is 0.201. The van der Waals surface area contributed by atoms with Crippen molar-refractivity contribution < 1.29 is 9.53 Å². The van der Waals surface area contributed by atoms with E-state index in [1.165, 1.54) is 38.0 Å². The van der Waals surface area contributed by atoms with E-state index < -0.39 is 7.26 Å². The van der Waals surface area contributed by atoms with Gasteiger partial charge in [0.05, 0.1) is 0 Å². The topological polar surface area (TPSA) is 38.3 Å². The van der Waals surface area contributed by atoms with Crippen LogP contribution in [0.1, 0.15) is 36.8 Å². The van der Waals surface area contributed by atoms with Crippen LogP contribution in [0.5, 0.6) is 5.75 Å². The van der Waals surface area contributed by atoms with Crippen LogP contribution in [0.15, 0.2) is 12.1 Å². The zero-order valence-corrected chi connectivity index (χ0v) is 15.4. The molecule has 1 saturated heterocycles. The maximum atomic E-state index is 12.5. The van der Waals surface area contributed by atoms with Crippen LogP contribution in [0, 0.1) is 13.8 Å². The summed E-state index contributed by atoms with van der Waals surface area (Å²) in [5.74, 6) is 1.05. The molecule has 1 aliphatic heterocycles. The summed E-state index contributed by atoms with van der Waals surface area (Å²) in [7, 11) is 0.278. The number of carbonyl (C=O) groups excluding carboxylic acids is 1. The summed E-state index contributed by atoms with van der Waals surface area (Å²) in [5, 5.41) is 3.16. The number of aryl methyl sites for hydroxylation is 2. The molecule has 1 amide bonds. The zero-order valence-electron chi connectivity index (χ0n) is 14.4. The van der Waals surface area contributed by atoms with Crippen molar-refractivity contribution in [1.29, 1.82) is 0 Å². The van der Waals surface area contributed by atoms with Crippen LogP contribution < -0.4 is 10.1 Å². The van der Waals surface area contributed by atoms with E-state index in [0.717, 1.165) is 28.7 Å². The summed E-state index contributed by atoms with van der Waals surface area (Å²) in [4.78, 5) is 12.5. The number of methoxy groups -OCH3 is 1. The maximum absolute atomic E-state index is 12.5. The molecular weight excluding hydrogens is 293 g/mol. The quantitative estimate of drug-likeness (QED) is 0.843. The van der Waals surface area contributed by atoms with Crippen LogP contribution in [-0.2, 0) is 4.79 Å². The molecule has 0 bridgehead atoms. The van der Waals surface area contributed by atoms with Crippen molar-refractivity contribution in [3.63, 3.8) is 0 Å². The third kappa shape index (κ3) is 4.46. The number of amides is 1. The first-order chi connectivity index (χ1) is 10.4. The molecule has 0 radical (unpaired) electrons. The van der Waals surface area contributed by atoms with Crippen molar-refractivity contribution in [3.8, 4) is 5.75 Å². The normalized spacial score (nSPS) is 19.1. The molecule has 3 nitrogen and oxygen atoms in total. The second kappa shape index (κ2) is 7.46. The molecule has 0 atom stereocenters. The summed E-state index contributed by atoms with van der Waals surface area (Å²) in [6, 6.07) is 3.96. The fourth-order valence-corrected chi connectivity index (χ4v) is 7.24. The van der Waals surface area contributed by atoms with Gasteiger partial charge in [0, 0.05) is 0 Å². The molecule has 1 aromatic carbocycles. The van der Waals surface area contributed by atoms with E-state index in [1.807, 2.05) is 26.0 Å². The standard InChI is InChI=1S/C18H30NO2P/c1-14-11-16(21-3)12-15(2)18(14)19-17(20)13-22(4)9-7-5-6-8-10-22/h11-12,22H,5-10,13H2,1-4H3,(H,19,20). The number of anilines is 1. The second-order valence-electron chi connectivity index (χ2n) is 7.09. The number of ether oxygens (including phenoxy) is 1. The van der Waals surface area contributed by atoms with E-state index >= 15 is 0 Å². The summed E-state index contributed by atoms with van der Waals surface area (Å²) >= 11 is 0. The molecule has 22 heavy (non-hydrogen) atoms. The Morgan fingerprint density at radius 3 is 2.18 bits per heavy atom. The zero-order chi connectivity index (χ0) is 16.2. The van der Waals surface area contributed by atoms with Gasteiger partial charge in [-0.05, 0) is 0 Å². The average Bonchev–Trinajstić information content (AvgIpc) is 2.67. The van der Waals surface area contributed by atoms with Crippen LogP contribution in [0.25, 0.3) is 0 Å². The van der Waals surface area contributed by atoms with E-state index in [2.05, 4.69) is 12.0 Å². The summed E-state index contributed by atoms with van der Waals surface area (Å²) < 4.78 is 5.28. The summed E-state index contributed by atoms with van der Waals surface area (Å²) in [6.07, 6.45) is 8.70. The Morgan fingerprint density at radius 1 is 1.14 bits per heavy atom. The van der Waals surface area contributed by atoms with Gasteiger partial charge in [0.1, 0.15) is 0 Å². The van der Waals surface area contributed by atoms with E-state index in [9.17, 15) is 4.79 Å². The second-order valence-corrected chi connectivity index (χ2v) is 12.1. The Hall–Kier alpha value is -1.08. The van der Waals surface area contributed by atoms with Crippen LogP contribution in [0.2, 0.25) is 0 Å². The molecule has 0 saturated carbocycles. The van der Waals surface area contributed by atoms with Gasteiger partial charge >= 0.3 is 135 Å². The van der Waals surface area contributed by atoms with Gasteiger partial charge in [0.25, 0.3) is 0 Å². The molecule has 124 valence electrons. The number of hydrogen-bond acceptors (Lipinski definition) is 2. The molecule has 0 aromatic heterocycles. The molecule has 2 rings (SSSR count). The van der Waals surface area contributed by atoms with Crippen LogP contribution >= 0.6 is 7.26 Å². The predicted molar refractivity (Wildman–Crippen MR) is 98.4 cm³/mol. The molecule has 1 heterocycles. The Kier molecular flexibility index (Phi) is 5.86. The summed E-state index contributed by atoms with van der Waals surface area (Å²) in [5.41, 5.74) is 3.09. The predicted octanol–water partition coefficient (Wildman–Crippen LogP) is 4.20. The van der Waals surface area contributed by atoms with Crippen molar-refractivity contribution in [3.05, 3.63) is 23.3 Å². The van der Waals surface area contributed by atoms with Crippen molar-refractivity contribution >= 4 is 18.9 Å². The molecule has 4 heteroatoms. The Labute approximate surface area is 135 Å². The first-order valence-electron chi connectivity index (χ1n) is 8.39. The van der Waals surface area contributed by atoms with Gasteiger partial charge in [-0.2, -0.15) is 0 Å². The van der Waals surface area contributed by atoms with Crippen LogP contribution in [0.4, 0.5) is 5.69 Å². The fourth-order valence-electron chi connectivity index (χ4n) is 3.57. The number of hydrogen-bond donors (Lipinski definition) is 1. The first kappa shape index (κ1) is 17.3. The average molecular weight is 323 g/mol. The van der Waals surface area contributed by atoms with Crippen LogP contribution in [0.3, 0.4) is 0 Å². The number of nitrogens with one attached hydrogen (secondary N) is 1. The number of rotatable bonds is 4. The summed E-state index contributed by atoms with van der Waals surface area (Å²) in [6.45, 7) is 6.46. The molecular formula is C18H30NO2P. The van der Waals surface area contributed by atoms with Crippen molar-refractivity contribution in [2.75, 3.05) is 37.6 Å². The van der Waals surface area contributed by atoms with Crippen molar-refractivity contribution in [2.45, 2.75) is 39.5 Å². The SMILES string of the molecule is COc1cc(C)c(NC(=O)C[PH]2(C)CCCCCC2)c(C)c1. The number of carbonyl (C=O) groups is 1. The minimum atomic E-state index is -1.39. The third-order valence-corrected chi connectivity index (χ3v) is 9.20. The third-order valence-electron chi connectivity index (χ3n) is 4.90. The van der Waals surface area contributed by atoms with Gasteiger partial charge in [-0.25, -0.2) is 0 Å². The van der Waals surface area contributed by atoms with Gasteiger partial charge in [-0.3, -0.25) is 0 Å². The first-order valence-corrected chi connectivity index (χ1v) is 11.5. The van der Waals surface area contributed by atoms with Gasteiger partial charge in [-0.15, -0.1) is 0 Å². The Balaban J connectivity index is 2.05. The fraction of sp³-hybridized carbons (Fsp3) is 0.611. The Bertz CT molecular complexity index is 511. The number of benzene rings is 1. The molecule has 1 aliphatic rings. The van der Waals surface area contributed by atoms with E-state index in [4.69, 9.17) is 4.74 Å². The molecule has 0 aliphatic carbocycles. The van der Waals surface area contributed by atoms with E-state index in [0.29, 0.717) is 0 Å².